The zero-order chi connectivity index (χ0) is 15.9. The number of hydrogen-bond acceptors (Lipinski definition) is 4. The smallest absolute Gasteiger partial charge is 0.241 e. The molecule has 5 nitrogen and oxygen atoms in total. The van der Waals surface area contributed by atoms with Gasteiger partial charge in [-0.15, -0.1) is 0 Å². The lowest BCUT2D eigenvalue weighted by molar-refractivity contribution is -0.127. The monoisotopic (exact) mass is 304 g/mol. The summed E-state index contributed by atoms with van der Waals surface area (Å²) < 4.78 is 0. The fourth-order valence-electron chi connectivity index (χ4n) is 2.76. The molecule has 0 aromatic heterocycles. The Bertz CT molecular complexity index is 455. The lowest BCUT2D eigenvalue weighted by atomic mass is 10.0. The molecule has 1 aromatic rings. The maximum atomic E-state index is 12.7. The van der Waals surface area contributed by atoms with Crippen LogP contribution in [0.1, 0.15) is 24.9 Å². The summed E-state index contributed by atoms with van der Waals surface area (Å²) in [5, 5.41) is 3.05. The zero-order valence-electron chi connectivity index (χ0n) is 13.7. The largest absolute Gasteiger partial charge is 0.354 e. The van der Waals surface area contributed by atoms with Gasteiger partial charge in [-0.2, -0.15) is 0 Å². The molecule has 22 heavy (non-hydrogen) atoms. The maximum Gasteiger partial charge on any atom is 0.241 e. The molecular weight excluding hydrogens is 276 g/mol. The van der Waals surface area contributed by atoms with Crippen LogP contribution in [0.4, 0.5) is 0 Å². The van der Waals surface area contributed by atoms with E-state index in [1.165, 1.54) is 0 Å². The van der Waals surface area contributed by atoms with E-state index in [0.29, 0.717) is 6.54 Å². The molecule has 1 fully saturated rings. The van der Waals surface area contributed by atoms with Crippen LogP contribution in [0, 0.1) is 0 Å². The van der Waals surface area contributed by atoms with Crippen molar-refractivity contribution >= 4 is 5.91 Å². The number of likely N-dealkylation sites (N-methyl/N-ethyl adjacent to an activating group) is 1. The summed E-state index contributed by atoms with van der Waals surface area (Å²) in [6, 6.07) is 9.95. The van der Waals surface area contributed by atoms with Gasteiger partial charge < -0.3 is 16.0 Å². The molecule has 1 aliphatic heterocycles. The van der Waals surface area contributed by atoms with E-state index in [2.05, 4.69) is 22.2 Å². The Morgan fingerprint density at radius 1 is 1.23 bits per heavy atom. The van der Waals surface area contributed by atoms with Crippen LogP contribution in [-0.4, -0.2) is 61.5 Å². The lowest BCUT2D eigenvalue weighted by Gasteiger charge is -2.37. The average molecular weight is 304 g/mol. The Labute approximate surface area is 133 Å². The standard InChI is InChI=1S/C17H28N4O/c1-14(18)8-9-19-17(22)16(15-6-4-3-5-7-15)21-12-10-20(2)11-13-21/h3-7,14,16H,8-13,18H2,1-2H3,(H,19,22). The number of nitrogens with one attached hydrogen (secondary N) is 1. The van der Waals surface area contributed by atoms with Crippen LogP contribution in [-0.2, 0) is 4.79 Å². The summed E-state index contributed by atoms with van der Waals surface area (Å²) in [6.45, 7) is 6.41. The van der Waals surface area contributed by atoms with Crippen LogP contribution in [0.3, 0.4) is 0 Å². The number of nitrogens with zero attached hydrogens (tertiary/aromatic N) is 2. The minimum absolute atomic E-state index is 0.0800. The van der Waals surface area contributed by atoms with Gasteiger partial charge in [0, 0.05) is 38.8 Å². The Kier molecular flexibility index (Phi) is 6.36. The molecule has 0 radical (unpaired) electrons. The molecule has 3 N–H and O–H groups in total. The van der Waals surface area contributed by atoms with E-state index >= 15 is 0 Å². The van der Waals surface area contributed by atoms with Crippen molar-refractivity contribution in [1.82, 2.24) is 15.1 Å². The molecule has 2 unspecified atom stereocenters. The lowest BCUT2D eigenvalue weighted by Crippen LogP contribution is -2.50. The highest BCUT2D eigenvalue weighted by atomic mass is 16.2. The predicted octanol–water partition coefficient (Wildman–Crippen LogP) is 0.829. The molecule has 5 heteroatoms. The Balaban J connectivity index is 2.06. The van der Waals surface area contributed by atoms with Gasteiger partial charge in [-0.05, 0) is 26.0 Å². The number of piperazine rings is 1. The number of rotatable bonds is 6. The average Bonchev–Trinajstić information content (AvgIpc) is 2.50. The van der Waals surface area contributed by atoms with Gasteiger partial charge in [0.15, 0.2) is 0 Å². The van der Waals surface area contributed by atoms with Crippen molar-refractivity contribution < 1.29 is 4.79 Å². The molecule has 0 bridgehead atoms. The van der Waals surface area contributed by atoms with Crippen LogP contribution in [0.25, 0.3) is 0 Å². The Hall–Kier alpha value is -1.43. The minimum Gasteiger partial charge on any atom is -0.354 e. The zero-order valence-corrected chi connectivity index (χ0v) is 13.7. The second-order valence-corrected chi connectivity index (χ2v) is 6.21. The van der Waals surface area contributed by atoms with Crippen LogP contribution in [0.15, 0.2) is 30.3 Å². The summed E-state index contributed by atoms with van der Waals surface area (Å²) in [7, 11) is 2.12. The highest BCUT2D eigenvalue weighted by Gasteiger charge is 2.29. The van der Waals surface area contributed by atoms with E-state index in [9.17, 15) is 4.79 Å². The SMILES string of the molecule is CC(N)CCNC(=O)C(c1ccccc1)N1CCN(C)CC1. The van der Waals surface area contributed by atoms with Gasteiger partial charge in [0.25, 0.3) is 0 Å². The first-order valence-corrected chi connectivity index (χ1v) is 8.08. The van der Waals surface area contributed by atoms with Crippen molar-refractivity contribution in [2.75, 3.05) is 39.8 Å². The van der Waals surface area contributed by atoms with Crippen LogP contribution < -0.4 is 11.1 Å². The summed E-state index contributed by atoms with van der Waals surface area (Å²) >= 11 is 0. The van der Waals surface area contributed by atoms with Crippen molar-refractivity contribution in [2.45, 2.75) is 25.4 Å². The molecule has 2 rings (SSSR count). The van der Waals surface area contributed by atoms with Crippen molar-refractivity contribution in [3.8, 4) is 0 Å². The van der Waals surface area contributed by atoms with Crippen LogP contribution in [0.2, 0.25) is 0 Å². The van der Waals surface area contributed by atoms with Gasteiger partial charge in [-0.1, -0.05) is 30.3 Å². The molecule has 1 aliphatic rings. The number of nitrogens with two attached hydrogens (primary N) is 1. The second-order valence-electron chi connectivity index (χ2n) is 6.21. The number of benzene rings is 1. The molecule has 122 valence electrons. The third-order valence-corrected chi connectivity index (χ3v) is 4.17. The minimum atomic E-state index is -0.206. The Morgan fingerprint density at radius 3 is 2.45 bits per heavy atom. The third-order valence-electron chi connectivity index (χ3n) is 4.17. The number of hydrogen-bond donors (Lipinski definition) is 2. The molecule has 1 aromatic carbocycles. The molecule has 1 amide bonds. The highest BCUT2D eigenvalue weighted by Crippen LogP contribution is 2.22. The normalized spacial score (nSPS) is 19.6. The predicted molar refractivity (Wildman–Crippen MR) is 89.5 cm³/mol. The molecular formula is C17H28N4O. The Morgan fingerprint density at radius 2 is 1.86 bits per heavy atom. The summed E-state index contributed by atoms with van der Waals surface area (Å²) in [5.41, 5.74) is 6.82. The summed E-state index contributed by atoms with van der Waals surface area (Å²) in [6.07, 6.45) is 0.802. The quantitative estimate of drug-likeness (QED) is 0.817. The second kappa shape index (κ2) is 8.27. The third kappa shape index (κ3) is 4.80. The van der Waals surface area contributed by atoms with Crippen molar-refractivity contribution in [2.24, 2.45) is 5.73 Å². The first-order chi connectivity index (χ1) is 10.6. The summed E-state index contributed by atoms with van der Waals surface area (Å²) in [4.78, 5) is 17.3. The number of carbonyl (C=O) groups excluding carboxylic acids is 1. The van der Waals surface area contributed by atoms with E-state index in [1.807, 2.05) is 37.3 Å². The fourth-order valence-corrected chi connectivity index (χ4v) is 2.76. The van der Waals surface area contributed by atoms with E-state index in [4.69, 9.17) is 5.73 Å². The van der Waals surface area contributed by atoms with Gasteiger partial charge in [-0.25, -0.2) is 0 Å². The highest BCUT2D eigenvalue weighted by molar-refractivity contribution is 5.83. The van der Waals surface area contributed by atoms with Gasteiger partial charge in [0.2, 0.25) is 5.91 Å². The molecule has 2 atom stereocenters. The molecule has 0 saturated carbocycles. The van der Waals surface area contributed by atoms with E-state index in [-0.39, 0.29) is 18.0 Å². The van der Waals surface area contributed by atoms with Crippen molar-refractivity contribution in [1.29, 1.82) is 0 Å². The van der Waals surface area contributed by atoms with Crippen LogP contribution >= 0.6 is 0 Å². The van der Waals surface area contributed by atoms with Gasteiger partial charge in [0.05, 0.1) is 0 Å². The molecule has 0 spiro atoms. The van der Waals surface area contributed by atoms with Gasteiger partial charge >= 0.3 is 0 Å². The first-order valence-electron chi connectivity index (χ1n) is 8.08. The maximum absolute atomic E-state index is 12.7. The van der Waals surface area contributed by atoms with Gasteiger partial charge in [0.1, 0.15) is 6.04 Å². The van der Waals surface area contributed by atoms with E-state index in [0.717, 1.165) is 38.2 Å². The van der Waals surface area contributed by atoms with Crippen molar-refractivity contribution in [3.05, 3.63) is 35.9 Å². The van der Waals surface area contributed by atoms with E-state index in [1.54, 1.807) is 0 Å². The van der Waals surface area contributed by atoms with Crippen molar-refractivity contribution in [3.63, 3.8) is 0 Å². The summed E-state index contributed by atoms with van der Waals surface area (Å²) in [5.74, 6) is 0.0800. The molecule has 0 aliphatic carbocycles. The van der Waals surface area contributed by atoms with Gasteiger partial charge in [-0.3, -0.25) is 9.69 Å². The number of amides is 1. The molecule has 1 heterocycles. The fraction of sp³-hybridized carbons (Fsp3) is 0.588. The first kappa shape index (κ1) is 16.9. The topological polar surface area (TPSA) is 61.6 Å². The number of carbonyl (C=O) groups is 1. The van der Waals surface area contributed by atoms with E-state index < -0.39 is 0 Å². The molecule has 1 saturated heterocycles. The van der Waals surface area contributed by atoms with Crippen LogP contribution in [0.5, 0.6) is 0 Å².